The Labute approximate surface area is 135 Å². The van der Waals surface area contributed by atoms with Gasteiger partial charge >= 0.3 is 0 Å². The van der Waals surface area contributed by atoms with E-state index in [0.29, 0.717) is 12.1 Å². The minimum atomic E-state index is -0.294. The van der Waals surface area contributed by atoms with Crippen LogP contribution in [0.25, 0.3) is 22.0 Å². The van der Waals surface area contributed by atoms with E-state index in [2.05, 4.69) is 28.1 Å². The molecule has 0 fully saturated rings. The fraction of sp³-hybridized carbons (Fsp3) is 0.211. The lowest BCUT2D eigenvalue weighted by atomic mass is 9.99. The highest BCUT2D eigenvalue weighted by molar-refractivity contribution is 5.89. The van der Waals surface area contributed by atoms with Crippen molar-refractivity contribution in [1.82, 2.24) is 4.98 Å². The van der Waals surface area contributed by atoms with Gasteiger partial charge in [0.05, 0.1) is 5.69 Å². The van der Waals surface area contributed by atoms with Crippen LogP contribution in [0.3, 0.4) is 0 Å². The first-order chi connectivity index (χ1) is 11.0. The maximum Gasteiger partial charge on any atom is 0.252 e. The number of aromatic amines is 1. The van der Waals surface area contributed by atoms with Crippen LogP contribution in [0.1, 0.15) is 12.5 Å². The van der Waals surface area contributed by atoms with Crippen LogP contribution in [0, 0.1) is 0 Å². The van der Waals surface area contributed by atoms with Crippen molar-refractivity contribution in [2.75, 3.05) is 19.0 Å². The topological polar surface area (TPSA) is 56.3 Å². The van der Waals surface area contributed by atoms with Gasteiger partial charge in [0.15, 0.2) is 0 Å². The summed E-state index contributed by atoms with van der Waals surface area (Å²) >= 11 is 0. The van der Waals surface area contributed by atoms with Crippen molar-refractivity contribution >= 4 is 16.5 Å². The van der Waals surface area contributed by atoms with Crippen LogP contribution in [-0.2, 0) is 6.42 Å². The van der Waals surface area contributed by atoms with E-state index in [1.807, 2.05) is 39.2 Å². The molecule has 0 bridgehead atoms. The van der Waals surface area contributed by atoms with Gasteiger partial charge in [-0.15, -0.1) is 0 Å². The van der Waals surface area contributed by atoms with Crippen molar-refractivity contribution in [3.05, 3.63) is 58.4 Å². The second kappa shape index (κ2) is 5.80. The van der Waals surface area contributed by atoms with Crippen molar-refractivity contribution in [2.45, 2.75) is 13.3 Å². The lowest BCUT2D eigenvalue weighted by Gasteiger charge is -2.14. The van der Waals surface area contributed by atoms with Crippen LogP contribution in [0.15, 0.2) is 47.3 Å². The molecule has 0 aliphatic carbocycles. The van der Waals surface area contributed by atoms with E-state index < -0.39 is 0 Å². The molecule has 0 spiro atoms. The average Bonchev–Trinajstić information content (AvgIpc) is 2.53. The first-order valence-corrected chi connectivity index (χ1v) is 7.66. The quantitative estimate of drug-likeness (QED) is 0.778. The monoisotopic (exact) mass is 308 g/mol. The summed E-state index contributed by atoms with van der Waals surface area (Å²) in [5, 5.41) is 12.3. The number of rotatable bonds is 3. The maximum atomic E-state index is 11.7. The van der Waals surface area contributed by atoms with E-state index in [-0.39, 0.29) is 11.3 Å². The van der Waals surface area contributed by atoms with Gasteiger partial charge in [-0.3, -0.25) is 4.79 Å². The van der Waals surface area contributed by atoms with E-state index in [1.165, 1.54) is 6.07 Å². The van der Waals surface area contributed by atoms with Gasteiger partial charge in [0, 0.05) is 31.4 Å². The van der Waals surface area contributed by atoms with Crippen LogP contribution in [0.4, 0.5) is 5.69 Å². The third-order valence-corrected chi connectivity index (χ3v) is 4.11. The Morgan fingerprint density at radius 1 is 1.04 bits per heavy atom. The largest absolute Gasteiger partial charge is 0.507 e. The smallest absolute Gasteiger partial charge is 0.252 e. The number of pyridine rings is 1. The zero-order valence-electron chi connectivity index (χ0n) is 13.6. The number of hydrogen-bond donors (Lipinski definition) is 2. The summed E-state index contributed by atoms with van der Waals surface area (Å²) in [5.41, 5.74) is 3.20. The van der Waals surface area contributed by atoms with Gasteiger partial charge in [-0.05, 0) is 41.0 Å². The molecule has 4 nitrogen and oxygen atoms in total. The molecule has 2 N–H and O–H groups in total. The Bertz CT molecular complexity index is 926. The number of H-pyrrole nitrogens is 1. The number of aromatic nitrogens is 1. The Morgan fingerprint density at radius 2 is 1.74 bits per heavy atom. The van der Waals surface area contributed by atoms with Gasteiger partial charge in [-0.2, -0.15) is 0 Å². The van der Waals surface area contributed by atoms with E-state index >= 15 is 0 Å². The molecule has 3 rings (SSSR count). The van der Waals surface area contributed by atoms with E-state index in [9.17, 15) is 9.90 Å². The highest BCUT2D eigenvalue weighted by Crippen LogP contribution is 2.30. The number of hydrogen-bond acceptors (Lipinski definition) is 3. The molecular formula is C19H20N2O2. The van der Waals surface area contributed by atoms with Crippen LogP contribution in [0.5, 0.6) is 5.75 Å². The molecule has 118 valence electrons. The van der Waals surface area contributed by atoms with Crippen LogP contribution >= 0.6 is 0 Å². The second-order valence-corrected chi connectivity index (χ2v) is 5.87. The Morgan fingerprint density at radius 3 is 2.43 bits per heavy atom. The molecule has 0 aliphatic heterocycles. The van der Waals surface area contributed by atoms with Crippen LogP contribution in [0.2, 0.25) is 0 Å². The summed E-state index contributed by atoms with van der Waals surface area (Å²) in [6.07, 6.45) is 0.648. The molecule has 0 radical (unpaired) electrons. The molecule has 4 heteroatoms. The zero-order valence-corrected chi connectivity index (χ0v) is 13.6. The number of nitrogens with zero attached hydrogens (tertiary/aromatic N) is 1. The molecule has 0 aliphatic rings. The van der Waals surface area contributed by atoms with Gasteiger partial charge in [-0.25, -0.2) is 0 Å². The SMILES string of the molecule is CCc1c(O)cc(=O)[nH]c1-c1ccc2cc(N(C)C)ccc2c1. The van der Waals surface area contributed by atoms with Crippen molar-refractivity contribution < 1.29 is 5.11 Å². The summed E-state index contributed by atoms with van der Waals surface area (Å²) in [6, 6.07) is 13.6. The molecule has 1 heterocycles. The number of benzene rings is 2. The molecule has 0 amide bonds. The molecule has 3 aromatic rings. The normalized spacial score (nSPS) is 10.9. The Hall–Kier alpha value is -2.75. The van der Waals surface area contributed by atoms with Crippen LogP contribution < -0.4 is 10.5 Å². The molecular weight excluding hydrogens is 288 g/mol. The minimum absolute atomic E-state index is 0.0503. The van der Waals surface area contributed by atoms with Gasteiger partial charge in [0.25, 0.3) is 5.56 Å². The summed E-state index contributed by atoms with van der Waals surface area (Å²) < 4.78 is 0. The van der Waals surface area contributed by atoms with E-state index in [1.54, 1.807) is 0 Å². The van der Waals surface area contributed by atoms with E-state index in [0.717, 1.165) is 27.6 Å². The maximum absolute atomic E-state index is 11.7. The lowest BCUT2D eigenvalue weighted by molar-refractivity contribution is 0.467. The summed E-state index contributed by atoms with van der Waals surface area (Å²) in [4.78, 5) is 16.6. The van der Waals surface area contributed by atoms with Crippen LogP contribution in [-0.4, -0.2) is 24.2 Å². The van der Waals surface area contributed by atoms with Crippen molar-refractivity contribution in [3.63, 3.8) is 0 Å². The standard InChI is InChI=1S/C19H20N2O2/c1-4-16-17(22)11-18(23)20-19(16)14-6-5-13-10-15(21(2)3)8-7-12(13)9-14/h5-11H,4H2,1-3H3,(H2,20,22,23). The zero-order chi connectivity index (χ0) is 16.6. The molecule has 0 unspecified atom stereocenters. The second-order valence-electron chi connectivity index (χ2n) is 5.87. The highest BCUT2D eigenvalue weighted by Gasteiger charge is 2.11. The molecule has 1 aromatic heterocycles. The molecule has 23 heavy (non-hydrogen) atoms. The average molecular weight is 308 g/mol. The van der Waals surface area contributed by atoms with Gasteiger partial charge in [0.2, 0.25) is 0 Å². The highest BCUT2D eigenvalue weighted by atomic mass is 16.3. The summed E-state index contributed by atoms with van der Waals surface area (Å²) in [5.74, 6) is 0.0503. The van der Waals surface area contributed by atoms with E-state index in [4.69, 9.17) is 0 Å². The van der Waals surface area contributed by atoms with Gasteiger partial charge < -0.3 is 15.0 Å². The van der Waals surface area contributed by atoms with Crippen molar-refractivity contribution in [1.29, 1.82) is 0 Å². The number of anilines is 1. The first kappa shape index (κ1) is 15.2. The third-order valence-electron chi connectivity index (χ3n) is 4.11. The molecule has 0 atom stereocenters. The van der Waals surface area contributed by atoms with Gasteiger partial charge in [-0.1, -0.05) is 25.1 Å². The number of nitrogens with one attached hydrogen (secondary N) is 1. The minimum Gasteiger partial charge on any atom is -0.507 e. The Balaban J connectivity index is 2.18. The van der Waals surface area contributed by atoms with Gasteiger partial charge in [0.1, 0.15) is 5.75 Å². The molecule has 0 saturated carbocycles. The number of fused-ring (bicyclic) bond motifs is 1. The Kier molecular flexibility index (Phi) is 3.82. The van der Waals surface area contributed by atoms with Crippen molar-refractivity contribution in [3.8, 4) is 17.0 Å². The third kappa shape index (κ3) is 2.80. The predicted molar refractivity (Wildman–Crippen MR) is 95.4 cm³/mol. The first-order valence-electron chi connectivity index (χ1n) is 7.66. The lowest BCUT2D eigenvalue weighted by Crippen LogP contribution is -2.08. The number of aromatic hydroxyl groups is 1. The summed E-state index contributed by atoms with van der Waals surface area (Å²) in [7, 11) is 4.03. The predicted octanol–water partition coefficient (Wildman–Crippen LogP) is 3.53. The summed E-state index contributed by atoms with van der Waals surface area (Å²) in [6.45, 7) is 1.96. The molecule has 2 aromatic carbocycles. The molecule has 0 saturated heterocycles. The fourth-order valence-electron chi connectivity index (χ4n) is 2.85. The fourth-order valence-corrected chi connectivity index (χ4v) is 2.85. The van der Waals surface area contributed by atoms with Crippen molar-refractivity contribution in [2.24, 2.45) is 0 Å².